The smallest absolute Gasteiger partial charge is 0.460 e. The van der Waals surface area contributed by atoms with E-state index in [0.29, 0.717) is 36.5 Å². The van der Waals surface area contributed by atoms with Crippen molar-refractivity contribution in [1.29, 1.82) is 0 Å². The van der Waals surface area contributed by atoms with E-state index in [2.05, 4.69) is 13.0 Å². The van der Waals surface area contributed by atoms with Gasteiger partial charge in [0.2, 0.25) is 0 Å². The Bertz CT molecular complexity index is 1440. The minimum atomic E-state index is -7.03. The number of aliphatic hydroxyl groups excluding tert-OH is 1. The molecule has 0 radical (unpaired) electrons. The van der Waals surface area contributed by atoms with Crippen LogP contribution in [0, 0.1) is 28.6 Å². The van der Waals surface area contributed by atoms with Gasteiger partial charge in [0.1, 0.15) is 5.75 Å². The van der Waals surface area contributed by atoms with Crippen LogP contribution in [0.2, 0.25) is 0 Å². The van der Waals surface area contributed by atoms with E-state index in [4.69, 9.17) is 0 Å². The van der Waals surface area contributed by atoms with Crippen molar-refractivity contribution >= 4 is 9.84 Å². The summed E-state index contributed by atoms with van der Waals surface area (Å²) in [6, 6.07) is 5.75. The van der Waals surface area contributed by atoms with Gasteiger partial charge in [-0.2, -0.15) is 39.5 Å². The van der Waals surface area contributed by atoms with E-state index in [1.54, 1.807) is 6.07 Å². The number of fused-ring (bicyclic) bond motifs is 6. The molecule has 5 rings (SSSR count). The van der Waals surface area contributed by atoms with Crippen LogP contribution >= 0.6 is 0 Å². The number of rotatable bonds is 15. The monoisotopic (exact) mass is 734 g/mol. The fourth-order valence-corrected chi connectivity index (χ4v) is 11.3. The molecular formula is C35H47F9O4S. The lowest BCUT2D eigenvalue weighted by atomic mass is 9.50. The molecule has 4 aliphatic carbocycles. The van der Waals surface area contributed by atoms with Gasteiger partial charge in [0, 0.05) is 11.8 Å². The maximum absolute atomic E-state index is 13.7. The Hall–Kier alpha value is -1.70. The lowest BCUT2D eigenvalue weighted by Crippen LogP contribution is -2.61. The second-order valence-electron chi connectivity index (χ2n) is 15.5. The number of hydrogen-bond acceptors (Lipinski definition) is 4. The van der Waals surface area contributed by atoms with Crippen molar-refractivity contribution in [1.82, 2.24) is 0 Å². The van der Waals surface area contributed by atoms with Crippen LogP contribution in [0.15, 0.2) is 18.2 Å². The molecule has 4 aliphatic rings. The highest BCUT2D eigenvalue weighted by Gasteiger charge is 2.81. The molecule has 1 aromatic carbocycles. The predicted molar refractivity (Wildman–Crippen MR) is 166 cm³/mol. The van der Waals surface area contributed by atoms with Crippen LogP contribution < -0.4 is 0 Å². The molecule has 2 N–H and O–H groups in total. The highest BCUT2D eigenvalue weighted by atomic mass is 32.2. The Kier molecular flexibility index (Phi) is 10.5. The number of unbranched alkanes of at least 4 members (excludes halogenated alkanes) is 6. The maximum Gasteiger partial charge on any atom is 0.460 e. The first kappa shape index (κ1) is 38.5. The van der Waals surface area contributed by atoms with Gasteiger partial charge in [-0.1, -0.05) is 51.5 Å². The highest BCUT2D eigenvalue weighted by Crippen LogP contribution is 2.76. The van der Waals surface area contributed by atoms with Gasteiger partial charge in [0.15, 0.2) is 9.84 Å². The van der Waals surface area contributed by atoms with Crippen LogP contribution in [0.25, 0.3) is 0 Å². The zero-order valence-electron chi connectivity index (χ0n) is 27.7. The Morgan fingerprint density at radius 2 is 1.45 bits per heavy atom. The van der Waals surface area contributed by atoms with E-state index in [1.807, 2.05) is 6.07 Å². The summed E-state index contributed by atoms with van der Waals surface area (Å²) in [4.78, 5) is 0. The molecule has 0 aromatic heterocycles. The van der Waals surface area contributed by atoms with Crippen molar-refractivity contribution < 1.29 is 58.1 Å². The SMILES string of the molecule is C[C@]12CCC3c4ccc(O)cc4CC(CCCCCCCCCS(=O)(=O)CCC(F)(F)C(F)(F)C(F)(F)C(F)(F)F)C3C1C[C@@H](O)C21CC1. The van der Waals surface area contributed by atoms with Crippen LogP contribution in [0.4, 0.5) is 39.5 Å². The molecule has 280 valence electrons. The van der Waals surface area contributed by atoms with Crippen molar-refractivity contribution in [3.8, 4) is 5.75 Å². The summed E-state index contributed by atoms with van der Waals surface area (Å²) in [5.74, 6) is -20.0. The van der Waals surface area contributed by atoms with Crippen LogP contribution in [0.1, 0.15) is 114 Å². The Balaban J connectivity index is 1.05. The number of hydrogen-bond donors (Lipinski definition) is 2. The van der Waals surface area contributed by atoms with E-state index in [9.17, 15) is 58.1 Å². The molecule has 0 saturated heterocycles. The van der Waals surface area contributed by atoms with Gasteiger partial charge in [-0.15, -0.1) is 0 Å². The summed E-state index contributed by atoms with van der Waals surface area (Å²) < 4.78 is 141. The second-order valence-corrected chi connectivity index (χ2v) is 17.8. The van der Waals surface area contributed by atoms with Gasteiger partial charge in [-0.25, -0.2) is 8.42 Å². The van der Waals surface area contributed by atoms with Crippen molar-refractivity contribution in [3.63, 3.8) is 0 Å². The normalized spacial score (nSPS) is 29.8. The van der Waals surface area contributed by atoms with Crippen molar-refractivity contribution in [2.75, 3.05) is 11.5 Å². The maximum atomic E-state index is 13.7. The number of sulfone groups is 1. The molecule has 3 fully saturated rings. The van der Waals surface area contributed by atoms with Crippen LogP contribution in [-0.4, -0.2) is 60.2 Å². The summed E-state index contributed by atoms with van der Waals surface area (Å²) in [5.41, 5.74) is 2.75. The van der Waals surface area contributed by atoms with Gasteiger partial charge in [-0.3, -0.25) is 0 Å². The first-order chi connectivity index (χ1) is 22.6. The minimum absolute atomic E-state index is 0.0217. The summed E-state index contributed by atoms with van der Waals surface area (Å²) in [6.45, 7) is 2.40. The van der Waals surface area contributed by atoms with Gasteiger partial charge >= 0.3 is 23.9 Å². The van der Waals surface area contributed by atoms with Crippen molar-refractivity contribution in [3.05, 3.63) is 29.3 Å². The largest absolute Gasteiger partial charge is 0.508 e. The van der Waals surface area contributed by atoms with Gasteiger partial charge in [0.25, 0.3) is 0 Å². The zero-order chi connectivity index (χ0) is 36.3. The lowest BCUT2D eigenvalue weighted by molar-refractivity contribution is -0.396. The summed E-state index contributed by atoms with van der Waals surface area (Å²) in [6.07, 6.45) is 2.23. The highest BCUT2D eigenvalue weighted by molar-refractivity contribution is 7.91. The van der Waals surface area contributed by atoms with Gasteiger partial charge < -0.3 is 10.2 Å². The first-order valence-electron chi connectivity index (χ1n) is 17.5. The molecule has 1 aromatic rings. The number of phenols is 1. The number of phenolic OH excluding ortho intramolecular Hbond substituents is 1. The lowest BCUT2D eigenvalue weighted by Gasteiger charge is -2.54. The van der Waals surface area contributed by atoms with Crippen LogP contribution in [-0.2, 0) is 16.3 Å². The Morgan fingerprint density at radius 3 is 2.06 bits per heavy atom. The quantitative estimate of drug-likeness (QED) is 0.139. The van der Waals surface area contributed by atoms with Crippen LogP contribution in [0.5, 0.6) is 5.75 Å². The third-order valence-electron chi connectivity index (χ3n) is 12.8. The zero-order valence-corrected chi connectivity index (χ0v) is 28.5. The fraction of sp³-hybridized carbons (Fsp3) is 0.829. The number of benzene rings is 1. The molecule has 49 heavy (non-hydrogen) atoms. The van der Waals surface area contributed by atoms with E-state index >= 15 is 0 Å². The Morgan fingerprint density at radius 1 is 0.837 bits per heavy atom. The first-order valence-corrected chi connectivity index (χ1v) is 19.3. The predicted octanol–water partition coefficient (Wildman–Crippen LogP) is 9.62. The summed E-state index contributed by atoms with van der Waals surface area (Å²) in [7, 11) is -4.39. The second kappa shape index (κ2) is 13.4. The molecule has 6 atom stereocenters. The molecule has 4 nitrogen and oxygen atoms in total. The molecule has 0 amide bonds. The summed E-state index contributed by atoms with van der Waals surface area (Å²) >= 11 is 0. The molecule has 0 bridgehead atoms. The average molecular weight is 735 g/mol. The minimum Gasteiger partial charge on any atom is -0.508 e. The van der Waals surface area contributed by atoms with E-state index in [1.165, 1.54) is 11.1 Å². The van der Waals surface area contributed by atoms with E-state index in [-0.39, 0.29) is 29.1 Å². The van der Waals surface area contributed by atoms with E-state index < -0.39 is 51.7 Å². The molecule has 14 heteroatoms. The number of halogens is 9. The number of aliphatic hydroxyl groups is 1. The molecule has 1 spiro atoms. The van der Waals surface area contributed by atoms with Gasteiger partial charge in [0.05, 0.1) is 17.6 Å². The molecular weight excluding hydrogens is 687 g/mol. The van der Waals surface area contributed by atoms with Gasteiger partial charge in [-0.05, 0) is 104 Å². The van der Waals surface area contributed by atoms with E-state index in [0.717, 1.165) is 70.6 Å². The van der Waals surface area contributed by atoms with Crippen molar-refractivity contribution in [2.24, 2.45) is 28.6 Å². The standard InChI is InChI=1S/C35H47F9O4S/c1-30-13-12-26-25-11-10-24(45)20-23(25)19-22(29(26)27(30)21-28(46)31(30)14-15-31)9-7-5-3-2-4-6-8-17-49(47,48)18-16-32(36,37)33(38,39)34(40,41)35(42,43)44/h10-11,20,22,26-29,45-46H,2-9,12-19,21H2,1H3/t22?,26?,27?,28-,29?,30+/m1/s1. The average Bonchev–Trinajstić information content (AvgIpc) is 3.79. The molecule has 3 saturated carbocycles. The molecule has 4 unspecified atom stereocenters. The van der Waals surface area contributed by atoms with Crippen LogP contribution in [0.3, 0.4) is 0 Å². The third kappa shape index (κ3) is 6.95. The Labute approximate surface area is 282 Å². The van der Waals surface area contributed by atoms with Crippen molar-refractivity contribution in [2.45, 2.75) is 139 Å². The number of aromatic hydroxyl groups is 1. The fourth-order valence-electron chi connectivity index (χ4n) is 9.89. The topological polar surface area (TPSA) is 74.6 Å². The molecule has 0 aliphatic heterocycles. The summed E-state index contributed by atoms with van der Waals surface area (Å²) in [5, 5.41) is 21.4. The molecule has 0 heterocycles. The third-order valence-corrected chi connectivity index (χ3v) is 14.5. The number of alkyl halides is 9.